The highest BCUT2D eigenvalue weighted by atomic mass is 19.3. The lowest BCUT2D eigenvalue weighted by molar-refractivity contribution is -0.143. The SMILES string of the molecule is COc1cc(C(=O)N2CC(C(=O)O)CCC2C)cc(OC)c1OC(F)F. The Morgan fingerprint density at radius 2 is 1.77 bits per heavy atom. The van der Waals surface area contributed by atoms with Crippen molar-refractivity contribution in [2.45, 2.75) is 32.4 Å². The van der Waals surface area contributed by atoms with Gasteiger partial charge >= 0.3 is 12.6 Å². The summed E-state index contributed by atoms with van der Waals surface area (Å²) in [5.41, 5.74) is 0.137. The van der Waals surface area contributed by atoms with Crippen LogP contribution in [0.2, 0.25) is 0 Å². The van der Waals surface area contributed by atoms with Gasteiger partial charge in [-0.3, -0.25) is 9.59 Å². The minimum absolute atomic E-state index is 0.0764. The van der Waals surface area contributed by atoms with Crippen LogP contribution in [0, 0.1) is 5.92 Å². The second-order valence-electron chi connectivity index (χ2n) is 6.01. The van der Waals surface area contributed by atoms with Crippen molar-refractivity contribution in [3.8, 4) is 17.2 Å². The summed E-state index contributed by atoms with van der Waals surface area (Å²) >= 11 is 0. The molecule has 2 atom stereocenters. The molecule has 1 N–H and O–H groups in total. The van der Waals surface area contributed by atoms with Crippen LogP contribution in [0.3, 0.4) is 0 Å². The summed E-state index contributed by atoms with van der Waals surface area (Å²) in [6, 6.07) is 2.41. The van der Waals surface area contributed by atoms with Crippen LogP contribution in [-0.2, 0) is 4.79 Å². The molecular weight excluding hydrogens is 352 g/mol. The normalized spacial score (nSPS) is 20.0. The van der Waals surface area contributed by atoms with Gasteiger partial charge in [0.25, 0.3) is 5.91 Å². The standard InChI is InChI=1S/C17H21F2NO6/c1-9-4-5-10(16(22)23)8-20(9)15(21)11-6-12(24-2)14(26-17(18)19)13(7-11)25-3/h6-7,9-10,17H,4-5,8H2,1-3H3,(H,22,23). The fourth-order valence-corrected chi connectivity index (χ4v) is 2.97. The molecule has 1 heterocycles. The van der Waals surface area contributed by atoms with E-state index in [2.05, 4.69) is 4.74 Å². The van der Waals surface area contributed by atoms with Crippen molar-refractivity contribution in [2.75, 3.05) is 20.8 Å². The Morgan fingerprint density at radius 1 is 1.19 bits per heavy atom. The van der Waals surface area contributed by atoms with Gasteiger partial charge < -0.3 is 24.2 Å². The summed E-state index contributed by atoms with van der Waals surface area (Å²) in [5.74, 6) is -2.48. The van der Waals surface area contributed by atoms with Gasteiger partial charge in [-0.2, -0.15) is 8.78 Å². The molecule has 2 rings (SSSR count). The van der Waals surface area contributed by atoms with Gasteiger partial charge in [-0.1, -0.05) is 0 Å². The number of aliphatic carboxylic acids is 1. The van der Waals surface area contributed by atoms with Crippen LogP contribution in [0.15, 0.2) is 12.1 Å². The number of rotatable bonds is 6. The zero-order valence-corrected chi connectivity index (χ0v) is 14.7. The van der Waals surface area contributed by atoms with Gasteiger partial charge in [0.05, 0.1) is 20.1 Å². The average molecular weight is 373 g/mol. The van der Waals surface area contributed by atoms with E-state index < -0.39 is 24.4 Å². The number of hydrogen-bond acceptors (Lipinski definition) is 5. The molecule has 7 nitrogen and oxygen atoms in total. The molecule has 0 saturated carbocycles. The largest absolute Gasteiger partial charge is 0.493 e. The highest BCUT2D eigenvalue weighted by molar-refractivity contribution is 5.96. The predicted octanol–water partition coefficient (Wildman–Crippen LogP) is 2.63. The number of carbonyl (C=O) groups excluding carboxylic acids is 1. The first-order valence-electron chi connectivity index (χ1n) is 8.03. The second-order valence-corrected chi connectivity index (χ2v) is 6.01. The van der Waals surface area contributed by atoms with Crippen LogP contribution < -0.4 is 14.2 Å². The molecule has 1 aliphatic heterocycles. The number of carboxylic acid groups (broad SMARTS) is 1. The van der Waals surface area contributed by atoms with Gasteiger partial charge in [0, 0.05) is 18.2 Å². The van der Waals surface area contributed by atoms with E-state index in [1.807, 2.05) is 6.92 Å². The fraction of sp³-hybridized carbons (Fsp3) is 0.529. The number of amides is 1. The number of hydrogen-bond donors (Lipinski definition) is 1. The molecule has 2 unspecified atom stereocenters. The lowest BCUT2D eigenvalue weighted by atomic mass is 9.93. The van der Waals surface area contributed by atoms with Gasteiger partial charge in [0.1, 0.15) is 0 Å². The molecule has 26 heavy (non-hydrogen) atoms. The zero-order chi connectivity index (χ0) is 19.4. The maximum absolute atomic E-state index is 12.9. The molecule has 1 aromatic carbocycles. The third kappa shape index (κ3) is 4.14. The van der Waals surface area contributed by atoms with Crippen LogP contribution in [0.1, 0.15) is 30.1 Å². The summed E-state index contributed by atoms with van der Waals surface area (Å²) in [6.45, 7) is -1.17. The average Bonchev–Trinajstić information content (AvgIpc) is 2.60. The molecule has 0 radical (unpaired) electrons. The van der Waals surface area contributed by atoms with Crippen molar-refractivity contribution < 1.29 is 37.7 Å². The Hall–Kier alpha value is -2.58. The number of carbonyl (C=O) groups is 2. The van der Waals surface area contributed by atoms with Crippen LogP contribution in [-0.4, -0.2) is 55.3 Å². The van der Waals surface area contributed by atoms with Crippen LogP contribution in [0.5, 0.6) is 17.2 Å². The summed E-state index contributed by atoms with van der Waals surface area (Å²) < 4.78 is 39.7. The van der Waals surface area contributed by atoms with E-state index in [0.29, 0.717) is 12.8 Å². The molecule has 0 aliphatic carbocycles. The van der Waals surface area contributed by atoms with Crippen molar-refractivity contribution in [2.24, 2.45) is 5.92 Å². The van der Waals surface area contributed by atoms with Crippen molar-refractivity contribution in [3.05, 3.63) is 17.7 Å². The van der Waals surface area contributed by atoms with Crippen molar-refractivity contribution in [1.29, 1.82) is 0 Å². The van der Waals surface area contributed by atoms with E-state index in [0.717, 1.165) is 0 Å². The molecule has 1 aliphatic rings. The Balaban J connectivity index is 2.37. The first kappa shape index (κ1) is 19.7. The van der Waals surface area contributed by atoms with Gasteiger partial charge in [-0.15, -0.1) is 0 Å². The summed E-state index contributed by atoms with van der Waals surface area (Å²) in [5, 5.41) is 9.21. The van der Waals surface area contributed by atoms with E-state index in [9.17, 15) is 23.5 Å². The minimum Gasteiger partial charge on any atom is -0.493 e. The third-order valence-corrected chi connectivity index (χ3v) is 4.41. The topological polar surface area (TPSA) is 85.3 Å². The van der Waals surface area contributed by atoms with E-state index in [1.54, 1.807) is 0 Å². The molecule has 9 heteroatoms. The number of piperidine rings is 1. The number of alkyl halides is 2. The molecule has 0 aromatic heterocycles. The number of ether oxygens (including phenoxy) is 3. The van der Waals surface area contributed by atoms with Crippen LogP contribution in [0.25, 0.3) is 0 Å². The van der Waals surface area contributed by atoms with E-state index in [4.69, 9.17) is 9.47 Å². The van der Waals surface area contributed by atoms with Gasteiger partial charge in [-0.05, 0) is 31.9 Å². The maximum atomic E-state index is 12.9. The summed E-state index contributed by atoms with van der Waals surface area (Å²) in [4.78, 5) is 25.6. The molecular formula is C17H21F2NO6. The van der Waals surface area contributed by atoms with Gasteiger partial charge in [0.2, 0.25) is 5.75 Å². The van der Waals surface area contributed by atoms with E-state index >= 15 is 0 Å². The Morgan fingerprint density at radius 3 is 2.23 bits per heavy atom. The minimum atomic E-state index is -3.09. The second kappa shape index (κ2) is 8.20. The fourth-order valence-electron chi connectivity index (χ4n) is 2.97. The quantitative estimate of drug-likeness (QED) is 0.825. The zero-order valence-electron chi connectivity index (χ0n) is 14.7. The van der Waals surface area contributed by atoms with Crippen LogP contribution in [0.4, 0.5) is 8.78 Å². The van der Waals surface area contributed by atoms with Crippen LogP contribution >= 0.6 is 0 Å². The van der Waals surface area contributed by atoms with E-state index in [1.165, 1.54) is 31.3 Å². The molecule has 0 bridgehead atoms. The first-order valence-corrected chi connectivity index (χ1v) is 8.03. The number of halogens is 2. The number of carboxylic acids is 1. The third-order valence-electron chi connectivity index (χ3n) is 4.41. The molecule has 1 amide bonds. The van der Waals surface area contributed by atoms with Gasteiger partial charge in [0.15, 0.2) is 11.5 Å². The van der Waals surface area contributed by atoms with Gasteiger partial charge in [-0.25, -0.2) is 0 Å². The van der Waals surface area contributed by atoms with Crippen molar-refractivity contribution >= 4 is 11.9 Å². The smallest absolute Gasteiger partial charge is 0.387 e. The number of nitrogens with zero attached hydrogens (tertiary/aromatic N) is 1. The van der Waals surface area contributed by atoms with E-state index in [-0.39, 0.29) is 35.4 Å². The molecule has 1 saturated heterocycles. The number of likely N-dealkylation sites (tertiary alicyclic amines) is 1. The summed E-state index contributed by atoms with van der Waals surface area (Å²) in [7, 11) is 2.51. The molecule has 1 aromatic rings. The van der Waals surface area contributed by atoms with Crippen molar-refractivity contribution in [3.63, 3.8) is 0 Å². The lowest BCUT2D eigenvalue weighted by Gasteiger charge is -2.36. The molecule has 0 spiro atoms. The monoisotopic (exact) mass is 373 g/mol. The maximum Gasteiger partial charge on any atom is 0.387 e. The first-order chi connectivity index (χ1) is 12.3. The molecule has 1 fully saturated rings. The Labute approximate surface area is 149 Å². The Kier molecular flexibility index (Phi) is 6.23. The Bertz CT molecular complexity index is 656. The highest BCUT2D eigenvalue weighted by Gasteiger charge is 2.33. The van der Waals surface area contributed by atoms with Crippen molar-refractivity contribution in [1.82, 2.24) is 4.90 Å². The molecule has 144 valence electrons. The highest BCUT2D eigenvalue weighted by Crippen LogP contribution is 2.40. The number of benzene rings is 1. The lowest BCUT2D eigenvalue weighted by Crippen LogP contribution is -2.47. The summed E-state index contributed by atoms with van der Waals surface area (Å²) in [6.07, 6.45) is 1.05. The number of methoxy groups -OCH3 is 2. The predicted molar refractivity (Wildman–Crippen MR) is 87.0 cm³/mol.